The second kappa shape index (κ2) is 5.84. The number of rotatable bonds is 4. The van der Waals surface area contributed by atoms with Gasteiger partial charge in [0.15, 0.2) is 0 Å². The zero-order chi connectivity index (χ0) is 13.8. The number of hydrogen-bond donors (Lipinski definition) is 2. The molecule has 0 saturated heterocycles. The normalized spacial score (nSPS) is 12.4. The highest BCUT2D eigenvalue weighted by Gasteiger charge is 2.16. The van der Waals surface area contributed by atoms with Gasteiger partial charge in [-0.2, -0.15) is 4.98 Å². The van der Waals surface area contributed by atoms with Gasteiger partial charge in [-0.1, -0.05) is 37.6 Å². The van der Waals surface area contributed by atoms with Crippen LogP contribution in [0.5, 0.6) is 0 Å². The number of nitrogens with one attached hydrogen (secondary N) is 1. The molecule has 0 aliphatic heterocycles. The summed E-state index contributed by atoms with van der Waals surface area (Å²) in [6.45, 7) is 4.24. The highest BCUT2D eigenvalue weighted by atomic mass is 35.5. The van der Waals surface area contributed by atoms with Gasteiger partial charge in [-0.05, 0) is 23.6 Å². The second-order valence-electron chi connectivity index (χ2n) is 4.58. The number of nitrogens with zero attached hydrogens (tertiary/aromatic N) is 3. The number of nitrogens with two attached hydrogens (primary N) is 1. The molecule has 2 aromatic rings. The number of hydrogen-bond acceptors (Lipinski definition) is 5. The lowest BCUT2D eigenvalue weighted by Gasteiger charge is -2.22. The van der Waals surface area contributed by atoms with Crippen LogP contribution in [-0.2, 0) is 0 Å². The first kappa shape index (κ1) is 13.5. The fraction of sp³-hybridized carbons (Fsp3) is 0.308. The third-order valence-corrected chi connectivity index (χ3v) is 3.02. The summed E-state index contributed by atoms with van der Waals surface area (Å²) in [7, 11) is 0. The Labute approximate surface area is 117 Å². The second-order valence-corrected chi connectivity index (χ2v) is 5.02. The Hall–Kier alpha value is -1.88. The first-order chi connectivity index (χ1) is 9.06. The maximum Gasteiger partial charge on any atom is 0.227 e. The number of benzene rings is 1. The molecule has 0 fully saturated rings. The summed E-state index contributed by atoms with van der Waals surface area (Å²) >= 11 is 5.91. The lowest BCUT2D eigenvalue weighted by molar-refractivity contribution is 0.542. The molecule has 0 amide bonds. The molecular weight excluding hydrogens is 262 g/mol. The van der Waals surface area contributed by atoms with Crippen LogP contribution in [0, 0.1) is 5.92 Å². The molecule has 0 spiro atoms. The van der Waals surface area contributed by atoms with Crippen LogP contribution in [0.25, 0.3) is 0 Å². The van der Waals surface area contributed by atoms with Crippen molar-refractivity contribution in [1.82, 2.24) is 15.0 Å². The number of nitrogen functional groups attached to an aromatic ring is 1. The minimum atomic E-state index is 0.0825. The van der Waals surface area contributed by atoms with Crippen molar-refractivity contribution in [1.29, 1.82) is 0 Å². The third-order valence-electron chi connectivity index (χ3n) is 2.77. The quantitative estimate of drug-likeness (QED) is 0.898. The van der Waals surface area contributed by atoms with Crippen LogP contribution in [0.4, 0.5) is 11.9 Å². The van der Waals surface area contributed by atoms with Crippen molar-refractivity contribution in [2.24, 2.45) is 5.92 Å². The van der Waals surface area contributed by atoms with E-state index in [1.165, 1.54) is 6.33 Å². The van der Waals surface area contributed by atoms with Crippen molar-refractivity contribution in [3.8, 4) is 0 Å². The maximum absolute atomic E-state index is 5.91. The van der Waals surface area contributed by atoms with E-state index in [0.717, 1.165) is 10.6 Å². The number of aromatic nitrogens is 3. The van der Waals surface area contributed by atoms with Gasteiger partial charge in [0.25, 0.3) is 0 Å². The molecule has 2 rings (SSSR count). The lowest BCUT2D eigenvalue weighted by atomic mass is 9.96. The Kier molecular flexibility index (Phi) is 4.16. The van der Waals surface area contributed by atoms with E-state index in [9.17, 15) is 0 Å². The molecule has 5 nitrogen and oxygen atoms in total. The van der Waals surface area contributed by atoms with Crippen molar-refractivity contribution >= 4 is 23.5 Å². The molecule has 3 N–H and O–H groups in total. The minimum absolute atomic E-state index is 0.0825. The Bertz CT molecular complexity index is 541. The standard InChI is InChI=1S/C13H16ClN5/c1-8(2)11(9-3-5-10(14)6-4-9)18-13-17-7-16-12(15)19-13/h3-8,11H,1-2H3,(H3,15,16,17,18,19). The van der Waals surface area contributed by atoms with E-state index in [-0.39, 0.29) is 12.0 Å². The average molecular weight is 278 g/mol. The van der Waals surface area contributed by atoms with Crippen molar-refractivity contribution in [3.63, 3.8) is 0 Å². The van der Waals surface area contributed by atoms with Crippen LogP contribution in [0.3, 0.4) is 0 Å². The SMILES string of the molecule is CC(C)C(Nc1ncnc(N)n1)c1ccc(Cl)cc1. The molecule has 1 unspecified atom stereocenters. The van der Waals surface area contributed by atoms with Crippen LogP contribution in [0.15, 0.2) is 30.6 Å². The van der Waals surface area contributed by atoms with E-state index in [4.69, 9.17) is 17.3 Å². The van der Waals surface area contributed by atoms with Crippen LogP contribution in [-0.4, -0.2) is 15.0 Å². The van der Waals surface area contributed by atoms with Gasteiger partial charge >= 0.3 is 0 Å². The summed E-state index contributed by atoms with van der Waals surface area (Å²) in [5.41, 5.74) is 6.67. The van der Waals surface area contributed by atoms with Crippen LogP contribution >= 0.6 is 11.6 Å². The summed E-state index contributed by atoms with van der Waals surface area (Å²) < 4.78 is 0. The fourth-order valence-electron chi connectivity index (χ4n) is 1.82. The number of anilines is 2. The summed E-state index contributed by atoms with van der Waals surface area (Å²) in [5.74, 6) is 1.04. The van der Waals surface area contributed by atoms with E-state index in [1.54, 1.807) is 0 Å². The molecular formula is C13H16ClN5. The van der Waals surface area contributed by atoms with Gasteiger partial charge in [-0.3, -0.25) is 0 Å². The molecule has 0 saturated carbocycles. The highest BCUT2D eigenvalue weighted by Crippen LogP contribution is 2.26. The first-order valence-electron chi connectivity index (χ1n) is 6.03. The lowest BCUT2D eigenvalue weighted by Crippen LogP contribution is -2.18. The van der Waals surface area contributed by atoms with E-state index in [1.807, 2.05) is 24.3 Å². The molecule has 19 heavy (non-hydrogen) atoms. The zero-order valence-electron chi connectivity index (χ0n) is 10.8. The van der Waals surface area contributed by atoms with Crippen molar-refractivity contribution in [3.05, 3.63) is 41.2 Å². The van der Waals surface area contributed by atoms with Gasteiger partial charge in [-0.25, -0.2) is 9.97 Å². The third kappa shape index (κ3) is 3.54. The van der Waals surface area contributed by atoms with E-state index in [2.05, 4.69) is 34.1 Å². The molecule has 6 heteroatoms. The molecule has 1 atom stereocenters. The monoisotopic (exact) mass is 277 g/mol. The molecule has 0 aliphatic carbocycles. The van der Waals surface area contributed by atoms with Gasteiger partial charge in [0, 0.05) is 5.02 Å². The Morgan fingerprint density at radius 1 is 1.16 bits per heavy atom. The summed E-state index contributed by atoms with van der Waals surface area (Å²) in [6, 6.07) is 7.81. The predicted octanol–water partition coefficient (Wildman–Crippen LogP) is 2.92. The molecule has 1 heterocycles. The van der Waals surface area contributed by atoms with Crippen molar-refractivity contribution < 1.29 is 0 Å². The van der Waals surface area contributed by atoms with Crippen LogP contribution in [0.1, 0.15) is 25.5 Å². The molecule has 0 aliphatic rings. The van der Waals surface area contributed by atoms with E-state index >= 15 is 0 Å². The van der Waals surface area contributed by atoms with Gasteiger partial charge in [0.2, 0.25) is 11.9 Å². The Balaban J connectivity index is 2.23. The van der Waals surface area contributed by atoms with Crippen molar-refractivity contribution in [2.45, 2.75) is 19.9 Å². The molecule has 0 radical (unpaired) electrons. The average Bonchev–Trinajstić information content (AvgIpc) is 2.37. The first-order valence-corrected chi connectivity index (χ1v) is 6.40. The largest absolute Gasteiger partial charge is 0.368 e. The van der Waals surface area contributed by atoms with Gasteiger partial charge in [0.05, 0.1) is 6.04 Å². The van der Waals surface area contributed by atoms with Gasteiger partial charge < -0.3 is 11.1 Å². The minimum Gasteiger partial charge on any atom is -0.368 e. The molecule has 1 aromatic carbocycles. The topological polar surface area (TPSA) is 76.7 Å². The van der Waals surface area contributed by atoms with E-state index in [0.29, 0.717) is 11.9 Å². The maximum atomic E-state index is 5.91. The van der Waals surface area contributed by atoms with Gasteiger partial charge in [-0.15, -0.1) is 0 Å². The molecule has 1 aromatic heterocycles. The summed E-state index contributed by atoms with van der Waals surface area (Å²) in [6.07, 6.45) is 1.39. The molecule has 0 bridgehead atoms. The summed E-state index contributed by atoms with van der Waals surface area (Å²) in [4.78, 5) is 11.9. The zero-order valence-corrected chi connectivity index (χ0v) is 11.6. The highest BCUT2D eigenvalue weighted by molar-refractivity contribution is 6.30. The number of halogens is 1. The molecule has 100 valence electrons. The predicted molar refractivity (Wildman–Crippen MR) is 76.9 cm³/mol. The summed E-state index contributed by atoms with van der Waals surface area (Å²) in [5, 5.41) is 3.99. The Morgan fingerprint density at radius 3 is 2.42 bits per heavy atom. The van der Waals surface area contributed by atoms with Crippen molar-refractivity contribution in [2.75, 3.05) is 11.1 Å². The fourth-order valence-corrected chi connectivity index (χ4v) is 1.95. The van der Waals surface area contributed by atoms with Crippen LogP contribution in [0.2, 0.25) is 5.02 Å². The van der Waals surface area contributed by atoms with Crippen LogP contribution < -0.4 is 11.1 Å². The van der Waals surface area contributed by atoms with Gasteiger partial charge in [0.1, 0.15) is 6.33 Å². The Morgan fingerprint density at radius 2 is 1.84 bits per heavy atom. The smallest absolute Gasteiger partial charge is 0.227 e. The van der Waals surface area contributed by atoms with E-state index < -0.39 is 0 Å².